The second kappa shape index (κ2) is 3.87. The maximum Gasteiger partial charge on any atom is 0.0726 e. The fraction of sp³-hybridized carbons (Fsp3) is 0.636. The van der Waals surface area contributed by atoms with Crippen molar-refractivity contribution < 1.29 is 0 Å². The first kappa shape index (κ1) is 9.24. The first-order chi connectivity index (χ1) is 7.42. The van der Waals surface area contributed by atoms with Gasteiger partial charge in [-0.25, -0.2) is 0 Å². The molecule has 2 fully saturated rings. The van der Waals surface area contributed by atoms with Crippen LogP contribution in [0.3, 0.4) is 0 Å². The zero-order chi connectivity index (χ0) is 10.1. The summed E-state index contributed by atoms with van der Waals surface area (Å²) in [6.07, 6.45) is 5.37. The molecule has 0 bridgehead atoms. The third-order valence-corrected chi connectivity index (χ3v) is 3.47. The molecule has 3 rings (SSSR count). The number of hydrogen-bond acceptors (Lipinski definition) is 4. The van der Waals surface area contributed by atoms with Gasteiger partial charge in [-0.05, 0) is 24.9 Å². The Kier molecular flexibility index (Phi) is 2.38. The summed E-state index contributed by atoms with van der Waals surface area (Å²) in [6, 6.07) is 0. The smallest absolute Gasteiger partial charge is 0.0726 e. The van der Waals surface area contributed by atoms with Crippen molar-refractivity contribution in [2.45, 2.75) is 6.54 Å². The van der Waals surface area contributed by atoms with Gasteiger partial charge in [-0.1, -0.05) is 0 Å². The van der Waals surface area contributed by atoms with E-state index in [1.54, 1.807) is 12.4 Å². The molecule has 3 heterocycles. The molecule has 0 aromatic carbocycles. The Morgan fingerprint density at radius 2 is 2.07 bits per heavy atom. The normalized spacial score (nSPS) is 30.7. The van der Waals surface area contributed by atoms with Gasteiger partial charge in [0, 0.05) is 38.2 Å². The molecular formula is C11H16N4. The Morgan fingerprint density at radius 1 is 1.27 bits per heavy atom. The van der Waals surface area contributed by atoms with E-state index in [1.807, 2.05) is 6.20 Å². The van der Waals surface area contributed by atoms with Crippen LogP contribution in [0.5, 0.6) is 0 Å². The van der Waals surface area contributed by atoms with E-state index in [0.29, 0.717) is 0 Å². The molecule has 2 aliphatic heterocycles. The Balaban J connectivity index is 1.62. The van der Waals surface area contributed by atoms with E-state index in [-0.39, 0.29) is 0 Å². The number of nitrogens with one attached hydrogen (secondary N) is 1. The van der Waals surface area contributed by atoms with E-state index >= 15 is 0 Å². The first-order valence-electron chi connectivity index (χ1n) is 5.60. The SMILES string of the molecule is c1cnc(CN2C[C@H]3CNC[C@H]3C2)cn1. The van der Waals surface area contributed by atoms with E-state index in [9.17, 15) is 0 Å². The number of nitrogens with zero attached hydrogens (tertiary/aromatic N) is 3. The van der Waals surface area contributed by atoms with Crippen molar-refractivity contribution in [3.63, 3.8) is 0 Å². The molecular weight excluding hydrogens is 188 g/mol. The molecule has 0 radical (unpaired) electrons. The molecule has 4 heteroatoms. The van der Waals surface area contributed by atoms with Gasteiger partial charge in [-0.3, -0.25) is 14.9 Å². The summed E-state index contributed by atoms with van der Waals surface area (Å²) in [4.78, 5) is 10.9. The highest BCUT2D eigenvalue weighted by molar-refractivity contribution is 4.98. The van der Waals surface area contributed by atoms with Gasteiger partial charge in [0.05, 0.1) is 5.69 Å². The maximum atomic E-state index is 4.32. The standard InChI is InChI=1S/C11H16N4/c1-2-14-11(5-12-1)8-15-6-9-3-13-4-10(9)7-15/h1-2,5,9-10,13H,3-4,6-8H2/t9-,10+. The molecule has 2 aliphatic rings. The van der Waals surface area contributed by atoms with Crippen LogP contribution in [0.1, 0.15) is 5.69 Å². The van der Waals surface area contributed by atoms with Crippen molar-refractivity contribution in [2.24, 2.45) is 11.8 Å². The number of aromatic nitrogens is 2. The summed E-state index contributed by atoms with van der Waals surface area (Å²) < 4.78 is 0. The zero-order valence-electron chi connectivity index (χ0n) is 8.76. The topological polar surface area (TPSA) is 41.1 Å². The Morgan fingerprint density at radius 3 is 2.73 bits per heavy atom. The minimum Gasteiger partial charge on any atom is -0.316 e. The summed E-state index contributed by atoms with van der Waals surface area (Å²) in [5.74, 6) is 1.73. The van der Waals surface area contributed by atoms with Crippen molar-refractivity contribution in [2.75, 3.05) is 26.2 Å². The van der Waals surface area contributed by atoms with Gasteiger partial charge in [-0.15, -0.1) is 0 Å². The molecule has 2 saturated heterocycles. The van der Waals surface area contributed by atoms with Gasteiger partial charge in [0.1, 0.15) is 0 Å². The third kappa shape index (κ3) is 1.87. The lowest BCUT2D eigenvalue weighted by molar-refractivity contribution is 0.301. The van der Waals surface area contributed by atoms with Crippen molar-refractivity contribution in [3.05, 3.63) is 24.3 Å². The molecule has 0 aliphatic carbocycles. The van der Waals surface area contributed by atoms with Crippen LogP contribution in [0, 0.1) is 11.8 Å². The summed E-state index contributed by atoms with van der Waals surface area (Å²) >= 11 is 0. The molecule has 0 amide bonds. The molecule has 15 heavy (non-hydrogen) atoms. The minimum atomic E-state index is 0.863. The van der Waals surface area contributed by atoms with Crippen LogP contribution in [0.15, 0.2) is 18.6 Å². The highest BCUT2D eigenvalue weighted by Crippen LogP contribution is 2.26. The highest BCUT2D eigenvalue weighted by Gasteiger charge is 2.35. The van der Waals surface area contributed by atoms with Gasteiger partial charge in [-0.2, -0.15) is 0 Å². The lowest BCUT2D eigenvalue weighted by Crippen LogP contribution is -2.25. The van der Waals surface area contributed by atoms with Crippen LogP contribution in [-0.2, 0) is 6.54 Å². The van der Waals surface area contributed by atoms with Gasteiger partial charge in [0.2, 0.25) is 0 Å². The van der Waals surface area contributed by atoms with E-state index < -0.39 is 0 Å². The molecule has 80 valence electrons. The average Bonchev–Trinajstić information content (AvgIpc) is 2.79. The number of likely N-dealkylation sites (tertiary alicyclic amines) is 1. The molecule has 1 aromatic heterocycles. The molecule has 1 N–H and O–H groups in total. The highest BCUT2D eigenvalue weighted by atomic mass is 15.2. The molecule has 0 spiro atoms. The quantitative estimate of drug-likeness (QED) is 0.743. The second-order valence-electron chi connectivity index (χ2n) is 4.57. The van der Waals surface area contributed by atoms with Crippen LogP contribution in [0.25, 0.3) is 0 Å². The van der Waals surface area contributed by atoms with E-state index in [4.69, 9.17) is 0 Å². The fourth-order valence-electron chi connectivity index (χ4n) is 2.72. The molecule has 0 saturated carbocycles. The van der Waals surface area contributed by atoms with Gasteiger partial charge < -0.3 is 5.32 Å². The third-order valence-electron chi connectivity index (χ3n) is 3.47. The van der Waals surface area contributed by atoms with Crippen LogP contribution in [-0.4, -0.2) is 41.0 Å². The molecule has 4 nitrogen and oxygen atoms in total. The van der Waals surface area contributed by atoms with E-state index in [0.717, 1.165) is 24.1 Å². The minimum absolute atomic E-state index is 0.863. The Hall–Kier alpha value is -1.00. The Labute approximate surface area is 89.7 Å². The van der Waals surface area contributed by atoms with Gasteiger partial charge >= 0.3 is 0 Å². The van der Waals surface area contributed by atoms with Crippen molar-refractivity contribution in [1.82, 2.24) is 20.2 Å². The zero-order valence-corrected chi connectivity index (χ0v) is 8.76. The summed E-state index contributed by atoms with van der Waals surface area (Å²) in [7, 11) is 0. The van der Waals surface area contributed by atoms with Gasteiger partial charge in [0.15, 0.2) is 0 Å². The maximum absolute atomic E-state index is 4.32. The molecule has 0 unspecified atom stereocenters. The fourth-order valence-corrected chi connectivity index (χ4v) is 2.72. The first-order valence-corrected chi connectivity index (χ1v) is 5.60. The van der Waals surface area contributed by atoms with Crippen molar-refractivity contribution in [3.8, 4) is 0 Å². The van der Waals surface area contributed by atoms with E-state index in [1.165, 1.54) is 26.2 Å². The number of fused-ring (bicyclic) bond motifs is 1. The summed E-state index contributed by atoms with van der Waals surface area (Å²) in [5, 5.41) is 3.45. The van der Waals surface area contributed by atoms with Crippen LogP contribution >= 0.6 is 0 Å². The average molecular weight is 204 g/mol. The van der Waals surface area contributed by atoms with Crippen LogP contribution in [0.2, 0.25) is 0 Å². The molecule has 1 aromatic rings. The predicted octanol–water partition coefficient (Wildman–Crippen LogP) is 0.128. The molecule has 2 atom stereocenters. The van der Waals surface area contributed by atoms with Gasteiger partial charge in [0.25, 0.3) is 0 Å². The van der Waals surface area contributed by atoms with Crippen molar-refractivity contribution in [1.29, 1.82) is 0 Å². The summed E-state index contributed by atoms with van der Waals surface area (Å²) in [5.41, 5.74) is 1.09. The number of rotatable bonds is 2. The van der Waals surface area contributed by atoms with Crippen LogP contribution < -0.4 is 5.32 Å². The second-order valence-corrected chi connectivity index (χ2v) is 4.57. The summed E-state index contributed by atoms with van der Waals surface area (Å²) in [6.45, 7) is 5.78. The lowest BCUT2D eigenvalue weighted by atomic mass is 10.0. The lowest BCUT2D eigenvalue weighted by Gasteiger charge is -2.15. The Bertz CT molecular complexity index is 315. The van der Waals surface area contributed by atoms with E-state index in [2.05, 4.69) is 20.2 Å². The number of hydrogen-bond donors (Lipinski definition) is 1. The van der Waals surface area contributed by atoms with Crippen LogP contribution in [0.4, 0.5) is 0 Å². The predicted molar refractivity (Wildman–Crippen MR) is 57.2 cm³/mol. The van der Waals surface area contributed by atoms with Crippen molar-refractivity contribution >= 4 is 0 Å². The monoisotopic (exact) mass is 204 g/mol. The largest absolute Gasteiger partial charge is 0.316 e.